The minimum Gasteiger partial charge on any atom is -0.358 e. The molecule has 0 atom stereocenters. The van der Waals surface area contributed by atoms with Crippen LogP contribution in [0.25, 0.3) is 10.9 Å². The van der Waals surface area contributed by atoms with Gasteiger partial charge in [-0.25, -0.2) is 17.8 Å². The minimum atomic E-state index is -3.74. The van der Waals surface area contributed by atoms with E-state index in [0.717, 1.165) is 26.2 Å². The zero-order valence-corrected chi connectivity index (χ0v) is 15.9. The van der Waals surface area contributed by atoms with Crippen molar-refractivity contribution in [3.63, 3.8) is 0 Å². The van der Waals surface area contributed by atoms with Gasteiger partial charge in [0, 0.05) is 6.07 Å². The van der Waals surface area contributed by atoms with Crippen LogP contribution in [0.15, 0.2) is 64.5 Å². The monoisotopic (exact) mass is 387 g/mol. The van der Waals surface area contributed by atoms with Crippen molar-refractivity contribution in [2.45, 2.75) is 9.79 Å². The number of aromatic amines is 1. The lowest BCUT2D eigenvalue weighted by atomic mass is 10.1. The summed E-state index contributed by atoms with van der Waals surface area (Å²) in [6.07, 6.45) is 1.53. The standard InChI is InChI=1S/C20H20FN3O2S/c1-23-9-11-24(12-10-23)20-17-13-15(21)7-8-18(17)22-14-19(20)27(25,26)16-5-3-2-4-6-16/h2-8,13-14H,9-12H2,1H3/p+2. The predicted octanol–water partition coefficient (Wildman–Crippen LogP) is 0.961. The summed E-state index contributed by atoms with van der Waals surface area (Å²) in [6.45, 7) is 3.25. The van der Waals surface area contributed by atoms with Crippen LogP contribution in [0.4, 0.5) is 10.1 Å². The first-order chi connectivity index (χ1) is 13.0. The van der Waals surface area contributed by atoms with E-state index < -0.39 is 9.84 Å². The first kappa shape index (κ1) is 17.9. The highest BCUT2D eigenvalue weighted by Crippen LogP contribution is 2.35. The summed E-state index contributed by atoms with van der Waals surface area (Å²) in [5.41, 5.74) is 1.30. The highest BCUT2D eigenvalue weighted by atomic mass is 32.2. The van der Waals surface area contributed by atoms with Gasteiger partial charge < -0.3 is 9.80 Å². The van der Waals surface area contributed by atoms with Crippen LogP contribution >= 0.6 is 0 Å². The SMILES string of the molecule is C[NH+]1CCN(c2c(S(=O)(=O)c3ccccc3)c[nH+]c3ccc(F)cc23)CC1. The van der Waals surface area contributed by atoms with Crippen LogP contribution in [-0.4, -0.2) is 41.6 Å². The number of anilines is 1. The zero-order chi connectivity index (χ0) is 19.0. The Morgan fingerprint density at radius 1 is 1.07 bits per heavy atom. The van der Waals surface area contributed by atoms with Crippen LogP contribution in [0.1, 0.15) is 0 Å². The molecule has 2 aromatic carbocycles. The third kappa shape index (κ3) is 3.28. The maximum atomic E-state index is 14.0. The summed E-state index contributed by atoms with van der Waals surface area (Å²) in [7, 11) is -1.62. The summed E-state index contributed by atoms with van der Waals surface area (Å²) >= 11 is 0. The van der Waals surface area contributed by atoms with Crippen LogP contribution in [0.2, 0.25) is 0 Å². The first-order valence-electron chi connectivity index (χ1n) is 8.97. The van der Waals surface area contributed by atoms with Crippen LogP contribution in [-0.2, 0) is 9.84 Å². The number of benzene rings is 2. The molecule has 7 heteroatoms. The molecule has 1 fully saturated rings. The Balaban J connectivity index is 1.96. The third-order valence-corrected chi connectivity index (χ3v) is 6.89. The molecule has 140 valence electrons. The Kier molecular flexibility index (Phi) is 4.57. The van der Waals surface area contributed by atoms with Gasteiger partial charge in [0.15, 0.2) is 11.1 Å². The largest absolute Gasteiger partial charge is 0.358 e. The molecule has 0 radical (unpaired) electrons. The summed E-state index contributed by atoms with van der Waals surface area (Å²) < 4.78 is 40.7. The average molecular weight is 387 g/mol. The Hall–Kier alpha value is -2.51. The number of nitrogens with zero attached hydrogens (tertiary/aromatic N) is 1. The summed E-state index contributed by atoms with van der Waals surface area (Å²) in [6, 6.07) is 12.8. The molecule has 27 heavy (non-hydrogen) atoms. The molecule has 2 N–H and O–H groups in total. The molecule has 3 aromatic rings. The smallest absolute Gasteiger partial charge is 0.214 e. The predicted molar refractivity (Wildman–Crippen MR) is 101 cm³/mol. The number of hydrogen-bond acceptors (Lipinski definition) is 3. The molecule has 1 aliphatic rings. The van der Waals surface area contributed by atoms with E-state index >= 15 is 0 Å². The fourth-order valence-electron chi connectivity index (χ4n) is 3.55. The number of piperazine rings is 1. The Morgan fingerprint density at radius 3 is 2.48 bits per heavy atom. The maximum Gasteiger partial charge on any atom is 0.214 e. The fraction of sp³-hybridized carbons (Fsp3) is 0.250. The van der Waals surface area contributed by atoms with E-state index in [1.165, 1.54) is 23.2 Å². The Bertz CT molecular complexity index is 1080. The maximum absolute atomic E-state index is 14.0. The van der Waals surface area contributed by atoms with E-state index in [-0.39, 0.29) is 15.6 Å². The minimum absolute atomic E-state index is 0.186. The van der Waals surface area contributed by atoms with Crippen molar-refractivity contribution in [3.8, 4) is 0 Å². The van der Waals surface area contributed by atoms with Gasteiger partial charge in [0.2, 0.25) is 15.4 Å². The second-order valence-electron chi connectivity index (χ2n) is 6.95. The molecule has 0 unspecified atom stereocenters. The topological polar surface area (TPSA) is 56.0 Å². The van der Waals surface area contributed by atoms with Crippen LogP contribution in [0, 0.1) is 5.82 Å². The third-order valence-electron chi connectivity index (χ3n) is 5.11. The van der Waals surface area contributed by atoms with Crippen molar-refractivity contribution in [1.29, 1.82) is 0 Å². The van der Waals surface area contributed by atoms with Gasteiger partial charge >= 0.3 is 0 Å². The molecule has 0 spiro atoms. The molecule has 1 aromatic heterocycles. The highest BCUT2D eigenvalue weighted by molar-refractivity contribution is 7.91. The summed E-state index contributed by atoms with van der Waals surface area (Å²) in [5.74, 6) is -0.383. The molecule has 5 nitrogen and oxygen atoms in total. The van der Waals surface area contributed by atoms with Crippen molar-refractivity contribution in [2.75, 3.05) is 38.1 Å². The Labute approximate surface area is 158 Å². The van der Waals surface area contributed by atoms with Gasteiger partial charge in [0.1, 0.15) is 5.82 Å². The lowest BCUT2D eigenvalue weighted by Gasteiger charge is -2.32. The van der Waals surface area contributed by atoms with E-state index in [9.17, 15) is 12.8 Å². The zero-order valence-electron chi connectivity index (χ0n) is 15.1. The second kappa shape index (κ2) is 6.90. The normalized spacial score (nSPS) is 16.0. The quantitative estimate of drug-likeness (QED) is 0.728. The van der Waals surface area contributed by atoms with Gasteiger partial charge in [-0.1, -0.05) is 18.2 Å². The second-order valence-corrected chi connectivity index (χ2v) is 8.87. The number of aromatic nitrogens is 1. The molecular formula is C20H22FN3O2S+2. The van der Waals surface area contributed by atoms with Gasteiger partial charge in [0.25, 0.3) is 0 Å². The van der Waals surface area contributed by atoms with Crippen molar-refractivity contribution < 1.29 is 22.7 Å². The number of hydrogen-bond donors (Lipinski definition) is 1. The molecule has 0 aliphatic carbocycles. The van der Waals surface area contributed by atoms with Crippen molar-refractivity contribution in [1.82, 2.24) is 0 Å². The number of likely N-dealkylation sites (N-methyl/N-ethyl adjacent to an activating group) is 1. The molecule has 2 heterocycles. The number of sulfone groups is 1. The Morgan fingerprint density at radius 2 is 1.78 bits per heavy atom. The number of rotatable bonds is 3. The number of pyridine rings is 1. The molecule has 1 aliphatic heterocycles. The lowest BCUT2D eigenvalue weighted by Crippen LogP contribution is -3.12. The van der Waals surface area contributed by atoms with Crippen molar-refractivity contribution in [3.05, 3.63) is 60.5 Å². The van der Waals surface area contributed by atoms with Gasteiger partial charge in [-0.2, -0.15) is 0 Å². The van der Waals surface area contributed by atoms with E-state index in [0.29, 0.717) is 16.6 Å². The van der Waals surface area contributed by atoms with E-state index in [1.54, 1.807) is 36.4 Å². The van der Waals surface area contributed by atoms with Gasteiger partial charge in [-0.15, -0.1) is 0 Å². The van der Waals surface area contributed by atoms with Crippen LogP contribution in [0.3, 0.4) is 0 Å². The highest BCUT2D eigenvalue weighted by Gasteiger charge is 2.31. The lowest BCUT2D eigenvalue weighted by molar-refractivity contribution is -0.880. The van der Waals surface area contributed by atoms with Crippen LogP contribution in [0.5, 0.6) is 0 Å². The number of fused-ring (bicyclic) bond motifs is 1. The average Bonchev–Trinajstić information content (AvgIpc) is 2.68. The van der Waals surface area contributed by atoms with E-state index in [1.807, 2.05) is 0 Å². The van der Waals surface area contributed by atoms with Crippen molar-refractivity contribution in [2.24, 2.45) is 0 Å². The number of H-pyrrole nitrogens is 1. The molecule has 4 rings (SSSR count). The first-order valence-corrected chi connectivity index (χ1v) is 10.5. The molecule has 0 bridgehead atoms. The van der Waals surface area contributed by atoms with Gasteiger partial charge in [-0.3, -0.25) is 0 Å². The molecule has 0 saturated carbocycles. The van der Waals surface area contributed by atoms with Gasteiger partial charge in [-0.05, 0) is 24.3 Å². The van der Waals surface area contributed by atoms with E-state index in [2.05, 4.69) is 16.9 Å². The fourth-order valence-corrected chi connectivity index (χ4v) is 5.03. The molecular weight excluding hydrogens is 365 g/mol. The number of quaternary nitrogens is 1. The number of nitrogens with one attached hydrogen (secondary N) is 2. The van der Waals surface area contributed by atoms with Crippen LogP contribution < -0.4 is 14.8 Å². The summed E-state index contributed by atoms with van der Waals surface area (Å²) in [4.78, 5) is 6.92. The molecule has 1 saturated heterocycles. The summed E-state index contributed by atoms with van der Waals surface area (Å²) in [5, 5.41) is 0.589. The molecule has 0 amide bonds. The van der Waals surface area contributed by atoms with Crippen molar-refractivity contribution >= 4 is 26.4 Å². The van der Waals surface area contributed by atoms with Gasteiger partial charge in [0.05, 0.1) is 49.2 Å². The number of halogens is 1. The van der Waals surface area contributed by atoms with E-state index in [4.69, 9.17) is 0 Å².